The van der Waals surface area contributed by atoms with Crippen molar-refractivity contribution in [3.8, 4) is 0 Å². The van der Waals surface area contributed by atoms with E-state index < -0.39 is 35.2 Å². The van der Waals surface area contributed by atoms with E-state index in [-0.39, 0.29) is 12.8 Å². The van der Waals surface area contributed by atoms with Crippen LogP contribution in [0.4, 0.5) is 4.79 Å². The predicted octanol–water partition coefficient (Wildman–Crippen LogP) is 2.25. The Balaban J connectivity index is 2.84. The number of carbonyl (C=O) groups is 3. The molecule has 20 heavy (non-hydrogen) atoms. The molecule has 1 unspecified atom stereocenters. The van der Waals surface area contributed by atoms with E-state index in [1.807, 2.05) is 0 Å². The molecule has 0 aromatic carbocycles. The highest BCUT2D eigenvalue weighted by atomic mass is 16.6. The van der Waals surface area contributed by atoms with Crippen molar-refractivity contribution < 1.29 is 23.9 Å². The molecule has 1 rings (SSSR count). The molecule has 0 bridgehead atoms. The van der Waals surface area contributed by atoms with Crippen molar-refractivity contribution >= 4 is 18.0 Å². The first-order valence-electron chi connectivity index (χ1n) is 6.68. The van der Waals surface area contributed by atoms with Crippen molar-refractivity contribution in [2.24, 2.45) is 0 Å². The zero-order valence-corrected chi connectivity index (χ0v) is 13.0. The normalized spacial score (nSPS) is 20.0. The summed E-state index contributed by atoms with van der Waals surface area (Å²) in [6, 6.07) is -0.892. The maximum atomic E-state index is 12.1. The average Bonchev–Trinajstić information content (AvgIpc) is 2.54. The fourth-order valence-electron chi connectivity index (χ4n) is 1.82. The van der Waals surface area contributed by atoms with Gasteiger partial charge < -0.3 is 9.47 Å². The average molecular weight is 285 g/mol. The quantitative estimate of drug-likeness (QED) is 0.691. The van der Waals surface area contributed by atoms with E-state index in [9.17, 15) is 14.4 Å². The highest BCUT2D eigenvalue weighted by Crippen LogP contribution is 2.24. The second-order valence-corrected chi connectivity index (χ2v) is 6.83. The summed E-state index contributed by atoms with van der Waals surface area (Å²) in [4.78, 5) is 36.8. The Morgan fingerprint density at radius 1 is 1.05 bits per heavy atom. The molecule has 114 valence electrons. The Morgan fingerprint density at radius 2 is 1.55 bits per heavy atom. The van der Waals surface area contributed by atoms with Gasteiger partial charge >= 0.3 is 12.1 Å². The van der Waals surface area contributed by atoms with Gasteiger partial charge in [-0.15, -0.1) is 0 Å². The highest BCUT2D eigenvalue weighted by molar-refractivity contribution is 5.99. The third-order valence-corrected chi connectivity index (χ3v) is 2.48. The van der Waals surface area contributed by atoms with Gasteiger partial charge in [0.2, 0.25) is 5.91 Å². The summed E-state index contributed by atoms with van der Waals surface area (Å²) >= 11 is 0. The van der Waals surface area contributed by atoms with E-state index in [0.29, 0.717) is 0 Å². The highest BCUT2D eigenvalue weighted by Gasteiger charge is 2.44. The second-order valence-electron chi connectivity index (χ2n) is 6.83. The Hall–Kier alpha value is -1.59. The predicted molar refractivity (Wildman–Crippen MR) is 71.9 cm³/mol. The number of imide groups is 1. The summed E-state index contributed by atoms with van der Waals surface area (Å²) in [6.45, 7) is 10.3. The van der Waals surface area contributed by atoms with Gasteiger partial charge in [0.25, 0.3) is 0 Å². The Bertz CT molecular complexity index is 416. The first-order valence-corrected chi connectivity index (χ1v) is 6.68. The summed E-state index contributed by atoms with van der Waals surface area (Å²) in [5.41, 5.74) is -1.39. The lowest BCUT2D eigenvalue weighted by Gasteiger charge is -2.28. The lowest BCUT2D eigenvalue weighted by molar-refractivity contribution is -0.161. The van der Waals surface area contributed by atoms with Gasteiger partial charge in [-0.3, -0.25) is 4.79 Å². The number of ether oxygens (including phenoxy) is 2. The van der Waals surface area contributed by atoms with Crippen LogP contribution < -0.4 is 0 Å². The topological polar surface area (TPSA) is 72.9 Å². The molecule has 0 N–H and O–H groups in total. The molecule has 0 radical (unpaired) electrons. The third-order valence-electron chi connectivity index (χ3n) is 2.48. The molecule has 0 aromatic rings. The van der Waals surface area contributed by atoms with E-state index in [0.717, 1.165) is 4.90 Å². The van der Waals surface area contributed by atoms with E-state index >= 15 is 0 Å². The van der Waals surface area contributed by atoms with Gasteiger partial charge in [0.05, 0.1) is 0 Å². The smallest absolute Gasteiger partial charge is 0.417 e. The van der Waals surface area contributed by atoms with Crippen LogP contribution >= 0.6 is 0 Å². The maximum absolute atomic E-state index is 12.1. The van der Waals surface area contributed by atoms with Crippen LogP contribution in [0.15, 0.2) is 0 Å². The number of likely N-dealkylation sites (tertiary alicyclic amines) is 1. The number of rotatable bonds is 1. The number of hydrogen-bond donors (Lipinski definition) is 0. The zero-order valence-electron chi connectivity index (χ0n) is 13.0. The summed E-state index contributed by atoms with van der Waals surface area (Å²) in [5.74, 6) is -0.982. The fraction of sp³-hybridized carbons (Fsp3) is 0.786. The van der Waals surface area contributed by atoms with E-state index in [4.69, 9.17) is 9.47 Å². The molecule has 6 nitrogen and oxygen atoms in total. The maximum Gasteiger partial charge on any atom is 0.417 e. The monoisotopic (exact) mass is 285 g/mol. The lowest BCUT2D eigenvalue weighted by Crippen LogP contribution is -2.47. The van der Waals surface area contributed by atoms with Gasteiger partial charge in [-0.2, -0.15) is 0 Å². The molecule has 0 aliphatic carbocycles. The van der Waals surface area contributed by atoms with Crippen molar-refractivity contribution in [2.75, 3.05) is 0 Å². The van der Waals surface area contributed by atoms with Gasteiger partial charge in [-0.1, -0.05) is 0 Å². The van der Waals surface area contributed by atoms with Gasteiger partial charge in [-0.25, -0.2) is 14.5 Å². The molecule has 1 aliphatic heterocycles. The minimum Gasteiger partial charge on any atom is -0.458 e. The summed E-state index contributed by atoms with van der Waals surface area (Å²) in [6.07, 6.45) is -0.383. The minimum atomic E-state index is -0.892. The van der Waals surface area contributed by atoms with Crippen molar-refractivity contribution in [2.45, 2.75) is 71.6 Å². The molecule has 1 fully saturated rings. The number of hydrogen-bond acceptors (Lipinski definition) is 5. The summed E-state index contributed by atoms with van der Waals surface area (Å²) in [5, 5.41) is 0. The number of amides is 2. The molecule has 1 aliphatic rings. The number of esters is 1. The molecular formula is C14H23NO5. The standard InChI is InChI=1S/C14H23NO5/c1-13(2,3)19-11(17)9-7-8-10(16)15(9)12(18)20-14(4,5)6/h9H,7-8H2,1-6H3. The number of nitrogens with zero attached hydrogens (tertiary/aromatic N) is 1. The minimum absolute atomic E-state index is 0.142. The molecule has 1 heterocycles. The Labute approximate surface area is 119 Å². The van der Waals surface area contributed by atoms with E-state index in [2.05, 4.69) is 0 Å². The first-order chi connectivity index (χ1) is 8.91. The van der Waals surface area contributed by atoms with Crippen LogP contribution in [0.25, 0.3) is 0 Å². The van der Waals surface area contributed by atoms with Crippen LogP contribution in [0.5, 0.6) is 0 Å². The molecule has 0 saturated carbocycles. The molecular weight excluding hydrogens is 262 g/mol. The van der Waals surface area contributed by atoms with Crippen LogP contribution in [0.1, 0.15) is 54.4 Å². The van der Waals surface area contributed by atoms with Crippen molar-refractivity contribution in [3.05, 3.63) is 0 Å². The third kappa shape index (κ3) is 4.51. The number of carbonyl (C=O) groups excluding carboxylic acids is 3. The van der Waals surface area contributed by atoms with Crippen LogP contribution in [0, 0.1) is 0 Å². The van der Waals surface area contributed by atoms with Crippen LogP contribution in [0.2, 0.25) is 0 Å². The van der Waals surface area contributed by atoms with Crippen LogP contribution in [0.3, 0.4) is 0 Å². The molecule has 1 saturated heterocycles. The molecule has 6 heteroatoms. The van der Waals surface area contributed by atoms with E-state index in [1.165, 1.54) is 0 Å². The molecule has 2 amide bonds. The van der Waals surface area contributed by atoms with Crippen LogP contribution in [-0.4, -0.2) is 40.1 Å². The van der Waals surface area contributed by atoms with Crippen molar-refractivity contribution in [3.63, 3.8) is 0 Å². The van der Waals surface area contributed by atoms with Crippen LogP contribution in [-0.2, 0) is 19.1 Å². The van der Waals surface area contributed by atoms with Gasteiger partial charge in [0, 0.05) is 6.42 Å². The van der Waals surface area contributed by atoms with Crippen molar-refractivity contribution in [1.29, 1.82) is 0 Å². The van der Waals surface area contributed by atoms with Gasteiger partial charge in [0.1, 0.15) is 17.2 Å². The van der Waals surface area contributed by atoms with Gasteiger partial charge in [-0.05, 0) is 48.0 Å². The summed E-state index contributed by atoms with van der Waals surface area (Å²) < 4.78 is 10.4. The van der Waals surface area contributed by atoms with Crippen molar-refractivity contribution in [1.82, 2.24) is 4.90 Å². The Morgan fingerprint density at radius 3 is 2.00 bits per heavy atom. The van der Waals surface area contributed by atoms with E-state index in [1.54, 1.807) is 41.5 Å². The van der Waals surface area contributed by atoms with Gasteiger partial charge in [0.15, 0.2) is 0 Å². The zero-order chi connectivity index (χ0) is 15.7. The Kier molecular flexibility index (Phi) is 4.46. The molecule has 0 spiro atoms. The SMILES string of the molecule is CC(C)(C)OC(=O)C1CCC(=O)N1C(=O)OC(C)(C)C. The fourth-order valence-corrected chi connectivity index (χ4v) is 1.82. The molecule has 1 atom stereocenters. The summed E-state index contributed by atoms with van der Waals surface area (Å²) in [7, 11) is 0. The first kappa shape index (κ1) is 16.5. The molecule has 0 aromatic heterocycles. The largest absolute Gasteiger partial charge is 0.458 e. The lowest BCUT2D eigenvalue weighted by atomic mass is 10.1. The second kappa shape index (κ2) is 5.42.